The predicted octanol–water partition coefficient (Wildman–Crippen LogP) is 3.92. The lowest BCUT2D eigenvalue weighted by Gasteiger charge is -2.35. The summed E-state index contributed by atoms with van der Waals surface area (Å²) in [6.45, 7) is 2.54. The second kappa shape index (κ2) is 13.1. The SMILES string of the molecule is CC1CCC(C(NC(=O)CCc2ccccc2)P(=O)(O)OC(CCCCN)C(=O)O)CC1.[HH]. The van der Waals surface area contributed by atoms with Gasteiger partial charge in [-0.2, -0.15) is 0 Å². The molecule has 0 bridgehead atoms. The van der Waals surface area contributed by atoms with Crippen molar-refractivity contribution in [1.29, 1.82) is 0 Å². The number of benzene rings is 1. The number of hydrogen-bond donors (Lipinski definition) is 4. The quantitative estimate of drug-likeness (QED) is 0.253. The molecule has 0 saturated heterocycles. The summed E-state index contributed by atoms with van der Waals surface area (Å²) in [7, 11) is -4.44. The van der Waals surface area contributed by atoms with Crippen molar-refractivity contribution in [3.8, 4) is 0 Å². The van der Waals surface area contributed by atoms with Crippen molar-refractivity contribution >= 4 is 19.5 Å². The number of amides is 1. The Bertz CT molecular complexity index is 773. The average molecular weight is 471 g/mol. The Kier molecular flexibility index (Phi) is 10.9. The lowest BCUT2D eigenvalue weighted by Crippen LogP contribution is -2.43. The second-order valence-electron chi connectivity index (χ2n) is 8.80. The minimum atomic E-state index is -4.44. The summed E-state index contributed by atoms with van der Waals surface area (Å²) in [5.41, 5.74) is 6.46. The molecule has 1 amide bonds. The molecule has 8 nitrogen and oxygen atoms in total. The van der Waals surface area contributed by atoms with E-state index in [1.54, 1.807) is 0 Å². The van der Waals surface area contributed by atoms with Gasteiger partial charge in [0.25, 0.3) is 0 Å². The summed E-state index contributed by atoms with van der Waals surface area (Å²) in [6.07, 6.45) is 3.58. The second-order valence-corrected chi connectivity index (χ2v) is 10.7. The van der Waals surface area contributed by atoms with Crippen LogP contribution in [0.15, 0.2) is 30.3 Å². The van der Waals surface area contributed by atoms with E-state index in [9.17, 15) is 24.2 Å². The zero-order valence-electron chi connectivity index (χ0n) is 18.8. The summed E-state index contributed by atoms with van der Waals surface area (Å²) in [5, 5.41) is 12.2. The fourth-order valence-corrected chi connectivity index (χ4v) is 5.98. The Morgan fingerprint density at radius 3 is 2.47 bits per heavy atom. The number of hydrogen-bond acceptors (Lipinski definition) is 5. The van der Waals surface area contributed by atoms with Crippen LogP contribution in [0.25, 0.3) is 0 Å². The Labute approximate surface area is 191 Å². The minimum absolute atomic E-state index is 0. The Morgan fingerprint density at radius 2 is 1.88 bits per heavy atom. The summed E-state index contributed by atoms with van der Waals surface area (Å²) in [4.78, 5) is 35.1. The Hall–Kier alpha value is -1.73. The number of carbonyl (C=O) groups is 2. The third-order valence-corrected chi connectivity index (χ3v) is 7.94. The lowest BCUT2D eigenvalue weighted by atomic mass is 9.83. The molecule has 0 radical (unpaired) electrons. The first-order chi connectivity index (χ1) is 15.2. The fraction of sp³-hybridized carbons (Fsp3) is 0.652. The van der Waals surface area contributed by atoms with Gasteiger partial charge >= 0.3 is 13.6 Å². The van der Waals surface area contributed by atoms with E-state index < -0.39 is 25.5 Å². The van der Waals surface area contributed by atoms with Crippen LogP contribution in [0, 0.1) is 11.8 Å². The van der Waals surface area contributed by atoms with Gasteiger partial charge in [0, 0.05) is 7.85 Å². The molecule has 1 aliphatic rings. The van der Waals surface area contributed by atoms with Gasteiger partial charge in [0.1, 0.15) is 5.78 Å². The number of carboxylic acid groups (broad SMARTS) is 1. The summed E-state index contributed by atoms with van der Waals surface area (Å²) in [6, 6.07) is 9.53. The number of carbonyl (C=O) groups excluding carboxylic acids is 1. The molecule has 3 unspecified atom stereocenters. The maximum absolute atomic E-state index is 13.3. The first-order valence-corrected chi connectivity index (χ1v) is 13.1. The minimum Gasteiger partial charge on any atom is -0.479 e. The van der Waals surface area contributed by atoms with Gasteiger partial charge in [0.15, 0.2) is 6.10 Å². The smallest absolute Gasteiger partial charge is 0.351 e. The predicted molar refractivity (Wildman–Crippen MR) is 125 cm³/mol. The summed E-state index contributed by atoms with van der Waals surface area (Å²) >= 11 is 0. The lowest BCUT2D eigenvalue weighted by molar-refractivity contribution is -0.145. The molecular formula is C23H39N2O6P. The fourth-order valence-electron chi connectivity index (χ4n) is 4.15. The highest BCUT2D eigenvalue weighted by atomic mass is 31.2. The van der Waals surface area contributed by atoms with Gasteiger partial charge in [-0.1, -0.05) is 50.1 Å². The highest BCUT2D eigenvalue weighted by Crippen LogP contribution is 2.53. The molecule has 1 fully saturated rings. The number of nitrogens with two attached hydrogens (primary N) is 1. The van der Waals surface area contributed by atoms with Crippen molar-refractivity contribution < 1.29 is 30.1 Å². The molecule has 1 aliphatic carbocycles. The van der Waals surface area contributed by atoms with Gasteiger partial charge in [-0.05, 0) is 62.5 Å². The zero-order valence-corrected chi connectivity index (χ0v) is 19.7. The van der Waals surface area contributed by atoms with Crippen molar-refractivity contribution in [3.05, 3.63) is 35.9 Å². The third kappa shape index (κ3) is 8.66. The monoisotopic (exact) mass is 470 g/mol. The van der Waals surface area contributed by atoms with Crippen molar-refractivity contribution in [2.24, 2.45) is 17.6 Å². The molecule has 182 valence electrons. The Morgan fingerprint density at radius 1 is 1.22 bits per heavy atom. The van der Waals surface area contributed by atoms with Crippen LogP contribution in [-0.4, -0.2) is 40.3 Å². The molecule has 5 N–H and O–H groups in total. The standard InChI is InChI=1S/C23H37N2O6P.H2/c1-17-10-13-19(14-11-17)22(25-21(26)15-12-18-7-3-2-4-8-18)32(29,30)31-20(23(27)28)9-5-6-16-24;/h2-4,7-8,17,19-20,22H,5-6,9-16,24H2,1H3,(H,25,26)(H,27,28)(H,29,30);1H. The highest BCUT2D eigenvalue weighted by molar-refractivity contribution is 7.53. The van der Waals surface area contributed by atoms with E-state index >= 15 is 0 Å². The van der Waals surface area contributed by atoms with Crippen LogP contribution in [-0.2, 0) is 25.1 Å². The van der Waals surface area contributed by atoms with E-state index in [0.29, 0.717) is 44.6 Å². The van der Waals surface area contributed by atoms with E-state index in [-0.39, 0.29) is 26.1 Å². The van der Waals surface area contributed by atoms with Crippen LogP contribution in [0.2, 0.25) is 0 Å². The molecule has 9 heteroatoms. The van der Waals surface area contributed by atoms with E-state index in [2.05, 4.69) is 12.2 Å². The van der Waals surface area contributed by atoms with Gasteiger partial charge in [0.2, 0.25) is 5.91 Å². The normalized spacial score (nSPS) is 22.5. The molecule has 0 aromatic heterocycles. The van der Waals surface area contributed by atoms with E-state index in [4.69, 9.17) is 10.3 Å². The van der Waals surface area contributed by atoms with E-state index in [1.807, 2.05) is 30.3 Å². The molecular weight excluding hydrogens is 431 g/mol. The molecule has 3 atom stereocenters. The number of carboxylic acids is 1. The maximum atomic E-state index is 13.3. The van der Waals surface area contributed by atoms with Gasteiger partial charge in [-0.15, -0.1) is 0 Å². The van der Waals surface area contributed by atoms with Crippen LogP contribution in [0.5, 0.6) is 0 Å². The number of nitrogens with one attached hydrogen (secondary N) is 1. The van der Waals surface area contributed by atoms with Gasteiger partial charge < -0.3 is 21.1 Å². The van der Waals surface area contributed by atoms with Gasteiger partial charge in [-0.25, -0.2) is 4.79 Å². The van der Waals surface area contributed by atoms with Gasteiger partial charge in [0.05, 0.1) is 0 Å². The molecule has 1 aromatic rings. The van der Waals surface area contributed by atoms with Crippen molar-refractivity contribution in [1.82, 2.24) is 5.32 Å². The number of unbranched alkanes of at least 4 members (excludes halogenated alkanes) is 1. The molecule has 0 heterocycles. The highest BCUT2D eigenvalue weighted by Gasteiger charge is 2.43. The van der Waals surface area contributed by atoms with Crippen LogP contribution in [0.1, 0.15) is 65.3 Å². The maximum Gasteiger partial charge on any atom is 0.351 e. The van der Waals surface area contributed by atoms with Crippen molar-refractivity contribution in [2.45, 2.75) is 76.6 Å². The topological polar surface area (TPSA) is 139 Å². The largest absolute Gasteiger partial charge is 0.479 e. The molecule has 1 aromatic carbocycles. The molecule has 1 saturated carbocycles. The van der Waals surface area contributed by atoms with Gasteiger partial charge in [-0.3, -0.25) is 13.9 Å². The van der Waals surface area contributed by atoms with Crippen molar-refractivity contribution in [3.63, 3.8) is 0 Å². The third-order valence-electron chi connectivity index (χ3n) is 6.13. The first kappa shape index (κ1) is 26.5. The zero-order chi connectivity index (χ0) is 23.6. The average Bonchev–Trinajstić information content (AvgIpc) is 2.76. The summed E-state index contributed by atoms with van der Waals surface area (Å²) in [5.74, 6) is -2.47. The van der Waals surface area contributed by atoms with Crippen LogP contribution in [0.3, 0.4) is 0 Å². The molecule has 0 spiro atoms. The van der Waals surface area contributed by atoms with Crippen LogP contribution in [0.4, 0.5) is 0 Å². The number of rotatable bonds is 13. The molecule has 32 heavy (non-hydrogen) atoms. The number of aliphatic carboxylic acids is 1. The molecule has 0 aliphatic heterocycles. The van der Waals surface area contributed by atoms with Crippen LogP contribution < -0.4 is 11.1 Å². The molecule has 2 rings (SSSR count). The Balaban J connectivity index is 0.00000544. The number of aryl methyl sites for hydroxylation is 1. The van der Waals surface area contributed by atoms with Crippen molar-refractivity contribution in [2.75, 3.05) is 6.54 Å². The summed E-state index contributed by atoms with van der Waals surface area (Å²) < 4.78 is 18.6. The van der Waals surface area contributed by atoms with Crippen LogP contribution >= 0.6 is 7.60 Å². The van der Waals surface area contributed by atoms with E-state index in [1.165, 1.54) is 0 Å². The first-order valence-electron chi connectivity index (χ1n) is 11.5. The van der Waals surface area contributed by atoms with E-state index in [0.717, 1.165) is 18.4 Å².